The van der Waals surface area contributed by atoms with Gasteiger partial charge in [0, 0.05) is 26.7 Å². The van der Waals surface area contributed by atoms with Gasteiger partial charge in [-0.05, 0) is 31.5 Å². The third-order valence-electron chi connectivity index (χ3n) is 4.49. The van der Waals surface area contributed by atoms with E-state index in [0.717, 1.165) is 4.31 Å². The molecule has 0 saturated carbocycles. The molecule has 0 bridgehead atoms. The third kappa shape index (κ3) is 5.09. The molecule has 0 N–H and O–H groups in total. The maximum Gasteiger partial charge on any atom is 0.338 e. The van der Waals surface area contributed by atoms with Crippen molar-refractivity contribution in [2.45, 2.75) is 24.3 Å². The Morgan fingerprint density at radius 2 is 1.93 bits per heavy atom. The number of ether oxygens (including phenoxy) is 1. The molecule has 0 aliphatic carbocycles. The molecule has 1 amide bonds. The highest BCUT2D eigenvalue weighted by Crippen LogP contribution is 2.18. The number of rotatable bonds is 7. The lowest BCUT2D eigenvalue weighted by Gasteiger charge is -2.26. The molecule has 1 fully saturated rings. The molecule has 1 aromatic rings. The van der Waals surface area contributed by atoms with Crippen LogP contribution in [0.5, 0.6) is 0 Å². The van der Waals surface area contributed by atoms with Gasteiger partial charge in [0.25, 0.3) is 5.91 Å². The molecule has 11 heteroatoms. The van der Waals surface area contributed by atoms with Crippen LogP contribution in [0.2, 0.25) is 0 Å². The number of nitrogens with zero attached hydrogens (tertiary/aromatic N) is 2. The van der Waals surface area contributed by atoms with Gasteiger partial charge in [-0.2, -0.15) is 0 Å². The average Bonchev–Trinajstić information content (AvgIpc) is 2.99. The Bertz CT molecular complexity index is 955. The lowest BCUT2D eigenvalue weighted by Crippen LogP contribution is -2.43. The number of likely N-dealkylation sites (N-methyl/N-ethyl adjacent to an activating group) is 1. The molecule has 2 rings (SSSR count). The summed E-state index contributed by atoms with van der Waals surface area (Å²) in [7, 11) is -4.10. The summed E-state index contributed by atoms with van der Waals surface area (Å²) in [6.45, 7) is 1.47. The van der Waals surface area contributed by atoms with Crippen LogP contribution in [0.1, 0.15) is 23.7 Å². The summed E-state index contributed by atoms with van der Waals surface area (Å²) in [5.41, 5.74) is 0.00205. The molecule has 1 aliphatic heterocycles. The lowest BCUT2D eigenvalue weighted by atomic mass is 10.2. The molecule has 0 spiro atoms. The highest BCUT2D eigenvalue weighted by atomic mass is 32.2. The lowest BCUT2D eigenvalue weighted by molar-refractivity contribution is -0.136. The summed E-state index contributed by atoms with van der Waals surface area (Å²) in [5.74, 6) is -1.38. The van der Waals surface area contributed by atoms with Crippen molar-refractivity contribution in [3.05, 3.63) is 29.8 Å². The maximum absolute atomic E-state index is 12.4. The van der Waals surface area contributed by atoms with Crippen molar-refractivity contribution in [1.29, 1.82) is 0 Å². The predicted molar refractivity (Wildman–Crippen MR) is 102 cm³/mol. The van der Waals surface area contributed by atoms with Crippen molar-refractivity contribution in [1.82, 2.24) is 9.21 Å². The molecule has 28 heavy (non-hydrogen) atoms. The summed E-state index contributed by atoms with van der Waals surface area (Å²) in [5, 5.41) is 0. The highest BCUT2D eigenvalue weighted by molar-refractivity contribution is 7.91. The molecule has 1 saturated heterocycles. The maximum atomic E-state index is 12.4. The van der Waals surface area contributed by atoms with Gasteiger partial charge in [-0.15, -0.1) is 0 Å². The summed E-state index contributed by atoms with van der Waals surface area (Å²) in [6, 6.07) is 4.92. The molecule has 0 radical (unpaired) electrons. The Labute approximate surface area is 165 Å². The van der Waals surface area contributed by atoms with E-state index in [-0.39, 0.29) is 22.0 Å². The van der Waals surface area contributed by atoms with Gasteiger partial charge in [-0.25, -0.2) is 25.9 Å². The zero-order chi connectivity index (χ0) is 21.1. The minimum atomic E-state index is -3.71. The normalized spacial score (nSPS) is 18.8. The minimum Gasteiger partial charge on any atom is -0.452 e. The van der Waals surface area contributed by atoms with Crippen LogP contribution in [0.25, 0.3) is 0 Å². The van der Waals surface area contributed by atoms with Gasteiger partial charge in [0.15, 0.2) is 16.4 Å². The number of esters is 1. The predicted octanol–water partition coefficient (Wildman–Crippen LogP) is 0.129. The highest BCUT2D eigenvalue weighted by Gasteiger charge is 2.34. The first-order valence-corrected chi connectivity index (χ1v) is 11.9. The van der Waals surface area contributed by atoms with E-state index < -0.39 is 44.4 Å². The number of benzene rings is 1. The topological polar surface area (TPSA) is 118 Å². The van der Waals surface area contributed by atoms with Gasteiger partial charge >= 0.3 is 5.97 Å². The molecule has 1 atom stereocenters. The Kier molecular flexibility index (Phi) is 6.84. The summed E-state index contributed by atoms with van der Waals surface area (Å²) >= 11 is 0. The van der Waals surface area contributed by atoms with Gasteiger partial charge in [-0.1, -0.05) is 6.07 Å². The number of amides is 1. The van der Waals surface area contributed by atoms with Crippen LogP contribution in [0.15, 0.2) is 29.2 Å². The van der Waals surface area contributed by atoms with Crippen LogP contribution in [0, 0.1) is 0 Å². The fourth-order valence-electron chi connectivity index (χ4n) is 2.95. The smallest absolute Gasteiger partial charge is 0.338 e. The number of hydrogen-bond donors (Lipinski definition) is 0. The summed E-state index contributed by atoms with van der Waals surface area (Å²) in [6.07, 6.45) is 0.361. The van der Waals surface area contributed by atoms with Crippen LogP contribution in [-0.2, 0) is 29.4 Å². The van der Waals surface area contributed by atoms with Crippen molar-refractivity contribution >= 4 is 31.7 Å². The zero-order valence-corrected chi connectivity index (χ0v) is 17.6. The quantitative estimate of drug-likeness (QED) is 0.562. The number of sulfonamides is 1. The number of carbonyl (C=O) groups excluding carboxylic acids is 2. The van der Waals surface area contributed by atoms with Gasteiger partial charge in [0.05, 0.1) is 22.0 Å². The molecule has 1 unspecified atom stereocenters. The van der Waals surface area contributed by atoms with E-state index in [1.165, 1.54) is 43.3 Å². The van der Waals surface area contributed by atoms with Gasteiger partial charge < -0.3 is 9.64 Å². The molecule has 1 aliphatic rings. The summed E-state index contributed by atoms with van der Waals surface area (Å²) < 4.78 is 53.6. The average molecular weight is 433 g/mol. The van der Waals surface area contributed by atoms with Gasteiger partial charge in [-0.3, -0.25) is 4.79 Å². The Hall–Kier alpha value is -1.98. The van der Waals surface area contributed by atoms with E-state index in [1.807, 2.05) is 0 Å². The van der Waals surface area contributed by atoms with Crippen LogP contribution >= 0.6 is 0 Å². The van der Waals surface area contributed by atoms with Crippen molar-refractivity contribution < 1.29 is 31.2 Å². The Morgan fingerprint density at radius 3 is 2.46 bits per heavy atom. The van der Waals surface area contributed by atoms with E-state index >= 15 is 0 Å². The third-order valence-corrected chi connectivity index (χ3v) is 8.05. The zero-order valence-electron chi connectivity index (χ0n) is 16.0. The van der Waals surface area contributed by atoms with Crippen LogP contribution in [0.4, 0.5) is 0 Å². The van der Waals surface area contributed by atoms with E-state index in [4.69, 9.17) is 4.74 Å². The van der Waals surface area contributed by atoms with E-state index in [1.54, 1.807) is 6.92 Å². The van der Waals surface area contributed by atoms with Crippen LogP contribution < -0.4 is 0 Å². The minimum absolute atomic E-state index is 0.00205. The first-order chi connectivity index (χ1) is 13.0. The first-order valence-electron chi connectivity index (χ1n) is 8.67. The Morgan fingerprint density at radius 1 is 1.25 bits per heavy atom. The largest absolute Gasteiger partial charge is 0.452 e. The second-order valence-electron chi connectivity index (χ2n) is 6.63. The fourth-order valence-corrected chi connectivity index (χ4v) is 5.63. The SMILES string of the molecule is CCN(C(=O)COC(=O)c1cccc(S(=O)(=O)N(C)C)c1)C1CCS(=O)(=O)C1. The first kappa shape index (κ1) is 22.3. The number of sulfone groups is 1. The molecular formula is C17H24N2O7S2. The van der Waals surface area contributed by atoms with E-state index in [2.05, 4.69) is 0 Å². The molecule has 0 aromatic heterocycles. The van der Waals surface area contributed by atoms with Gasteiger partial charge in [0.1, 0.15) is 0 Å². The monoisotopic (exact) mass is 432 g/mol. The van der Waals surface area contributed by atoms with Crippen molar-refractivity contribution in [2.75, 3.05) is 38.8 Å². The molecule has 9 nitrogen and oxygen atoms in total. The second kappa shape index (κ2) is 8.58. The molecule has 1 aromatic carbocycles. The standard InChI is InChI=1S/C17H24N2O7S2/c1-4-19(14-8-9-27(22,23)12-14)16(20)11-26-17(21)13-6-5-7-15(10-13)28(24,25)18(2)3/h5-7,10,14H,4,8-9,11-12H2,1-3H3. The number of hydrogen-bond acceptors (Lipinski definition) is 7. The van der Waals surface area contributed by atoms with Gasteiger partial charge in [0.2, 0.25) is 10.0 Å². The number of carbonyl (C=O) groups is 2. The molecule has 156 valence electrons. The van der Waals surface area contributed by atoms with Crippen LogP contribution in [-0.4, -0.2) is 82.7 Å². The van der Waals surface area contributed by atoms with E-state index in [9.17, 15) is 26.4 Å². The van der Waals surface area contributed by atoms with E-state index in [0.29, 0.717) is 13.0 Å². The van der Waals surface area contributed by atoms with Crippen molar-refractivity contribution in [2.24, 2.45) is 0 Å². The molecule has 1 heterocycles. The summed E-state index contributed by atoms with van der Waals surface area (Å²) in [4.78, 5) is 25.9. The molecular weight excluding hydrogens is 408 g/mol. The van der Waals surface area contributed by atoms with Crippen molar-refractivity contribution in [3.63, 3.8) is 0 Å². The van der Waals surface area contributed by atoms with Crippen LogP contribution in [0.3, 0.4) is 0 Å². The second-order valence-corrected chi connectivity index (χ2v) is 11.0. The fraction of sp³-hybridized carbons (Fsp3) is 0.529. The van der Waals surface area contributed by atoms with Crippen molar-refractivity contribution in [3.8, 4) is 0 Å². The Balaban J connectivity index is 2.04.